The van der Waals surface area contributed by atoms with Gasteiger partial charge in [-0.2, -0.15) is 5.10 Å². The van der Waals surface area contributed by atoms with Gasteiger partial charge in [-0.15, -0.1) is 0 Å². The van der Waals surface area contributed by atoms with E-state index >= 15 is 0 Å². The predicted molar refractivity (Wildman–Crippen MR) is 115 cm³/mol. The van der Waals surface area contributed by atoms with Crippen molar-refractivity contribution in [1.29, 1.82) is 0 Å². The SMILES string of the molecule is COc1ccc2c(C(OP(=O)(O)O)=C(C)C)nn(C(=COP(=O)(O)O)C(C)(C)C)c2c1. The van der Waals surface area contributed by atoms with Crippen molar-refractivity contribution in [3.05, 3.63) is 35.7 Å². The van der Waals surface area contributed by atoms with E-state index in [2.05, 4.69) is 9.62 Å². The second kappa shape index (κ2) is 8.78. The second-order valence-electron chi connectivity index (χ2n) is 7.90. The van der Waals surface area contributed by atoms with E-state index < -0.39 is 21.1 Å². The van der Waals surface area contributed by atoms with Gasteiger partial charge in [-0.25, -0.2) is 13.8 Å². The minimum Gasteiger partial charge on any atom is -0.497 e. The van der Waals surface area contributed by atoms with Crippen molar-refractivity contribution in [3.8, 4) is 5.75 Å². The fraction of sp³-hybridized carbons (Fsp3) is 0.389. The van der Waals surface area contributed by atoms with Gasteiger partial charge in [0.25, 0.3) is 0 Å². The standard InChI is InChI=1S/C18H26N2O9P2/c1-11(2)17(29-31(24,25)26)16-13-8-7-12(27-6)9-14(13)20(19-16)15(18(3,4)5)10-28-30(21,22)23/h7-10H,1-6H3,(H2,21,22,23)(H2,24,25,26). The molecular weight excluding hydrogens is 450 g/mol. The maximum Gasteiger partial charge on any atom is 0.524 e. The monoisotopic (exact) mass is 476 g/mol. The van der Waals surface area contributed by atoms with Crippen molar-refractivity contribution in [2.45, 2.75) is 34.6 Å². The van der Waals surface area contributed by atoms with Gasteiger partial charge in [0, 0.05) is 16.9 Å². The van der Waals surface area contributed by atoms with Gasteiger partial charge < -0.3 is 13.8 Å². The third kappa shape index (κ3) is 6.43. The molecule has 0 aliphatic heterocycles. The first kappa shape index (κ1) is 25.1. The first-order chi connectivity index (χ1) is 14.0. The van der Waals surface area contributed by atoms with Crippen molar-refractivity contribution in [2.75, 3.05) is 7.11 Å². The Labute approximate surface area is 179 Å². The van der Waals surface area contributed by atoms with Gasteiger partial charge in [-0.05, 0) is 31.6 Å². The average molecular weight is 476 g/mol. The second-order valence-corrected chi connectivity index (χ2v) is 10.3. The maximum absolute atomic E-state index is 11.5. The summed E-state index contributed by atoms with van der Waals surface area (Å²) in [6, 6.07) is 4.91. The van der Waals surface area contributed by atoms with Gasteiger partial charge >= 0.3 is 15.6 Å². The summed E-state index contributed by atoms with van der Waals surface area (Å²) >= 11 is 0. The van der Waals surface area contributed by atoms with Crippen LogP contribution >= 0.6 is 15.6 Å². The Kier molecular flexibility index (Phi) is 7.12. The Bertz CT molecular complexity index is 1130. The number of benzene rings is 1. The minimum absolute atomic E-state index is 0.119. The number of ether oxygens (including phenoxy) is 1. The molecule has 11 nitrogen and oxygen atoms in total. The summed E-state index contributed by atoms with van der Waals surface area (Å²) in [6.45, 7) is 8.56. The van der Waals surface area contributed by atoms with Gasteiger partial charge in [-0.3, -0.25) is 19.6 Å². The highest BCUT2D eigenvalue weighted by molar-refractivity contribution is 7.46. The van der Waals surface area contributed by atoms with Crippen molar-refractivity contribution in [1.82, 2.24) is 9.78 Å². The Morgan fingerprint density at radius 3 is 2.16 bits per heavy atom. The molecule has 0 bridgehead atoms. The van der Waals surface area contributed by atoms with Crippen LogP contribution in [0.15, 0.2) is 30.0 Å². The topological polar surface area (TPSA) is 161 Å². The molecule has 1 aromatic heterocycles. The van der Waals surface area contributed by atoms with E-state index in [1.807, 2.05) is 0 Å². The molecule has 2 rings (SSSR count). The van der Waals surface area contributed by atoms with Gasteiger partial charge in [0.05, 0.1) is 18.3 Å². The number of phosphoric acid groups is 2. The number of phosphoric ester groups is 2. The molecule has 4 N–H and O–H groups in total. The third-order valence-corrected chi connectivity index (χ3v) is 4.87. The summed E-state index contributed by atoms with van der Waals surface area (Å²) < 4.78 is 39.0. The zero-order valence-corrected chi connectivity index (χ0v) is 19.7. The summed E-state index contributed by atoms with van der Waals surface area (Å²) in [5.41, 5.74) is 0.595. The van der Waals surface area contributed by atoms with Crippen molar-refractivity contribution in [2.24, 2.45) is 5.41 Å². The Hall–Kier alpha value is -2.13. The van der Waals surface area contributed by atoms with E-state index in [9.17, 15) is 18.9 Å². The number of fused-ring (bicyclic) bond motifs is 1. The Morgan fingerprint density at radius 2 is 1.71 bits per heavy atom. The Balaban J connectivity index is 2.90. The van der Waals surface area contributed by atoms with Crippen LogP contribution in [0.2, 0.25) is 0 Å². The molecule has 0 aliphatic carbocycles. The molecule has 0 aliphatic rings. The predicted octanol–water partition coefficient (Wildman–Crippen LogP) is 3.86. The van der Waals surface area contributed by atoms with E-state index in [0.29, 0.717) is 22.2 Å². The summed E-state index contributed by atoms with van der Waals surface area (Å²) in [6.07, 6.45) is 0.919. The molecule has 0 saturated heterocycles. The fourth-order valence-corrected chi connectivity index (χ4v) is 3.47. The van der Waals surface area contributed by atoms with Crippen LogP contribution < -0.4 is 4.74 Å². The van der Waals surface area contributed by atoms with E-state index in [-0.39, 0.29) is 17.2 Å². The molecule has 0 atom stereocenters. The van der Waals surface area contributed by atoms with Crippen molar-refractivity contribution >= 4 is 38.0 Å². The number of rotatable bonds is 7. The van der Waals surface area contributed by atoms with E-state index in [0.717, 1.165) is 6.26 Å². The number of nitrogens with zero attached hydrogens (tertiary/aromatic N) is 2. The van der Waals surface area contributed by atoms with E-state index in [1.165, 1.54) is 11.8 Å². The first-order valence-electron chi connectivity index (χ1n) is 8.98. The van der Waals surface area contributed by atoms with Crippen LogP contribution in [0.25, 0.3) is 22.4 Å². The molecule has 0 spiro atoms. The fourth-order valence-electron chi connectivity index (χ4n) is 2.73. The van der Waals surface area contributed by atoms with Gasteiger partial charge in [0.15, 0.2) is 5.76 Å². The van der Waals surface area contributed by atoms with Crippen LogP contribution in [0, 0.1) is 5.41 Å². The molecule has 0 unspecified atom stereocenters. The van der Waals surface area contributed by atoms with Gasteiger partial charge in [-0.1, -0.05) is 20.8 Å². The quantitative estimate of drug-likeness (QED) is 0.341. The molecule has 0 saturated carbocycles. The van der Waals surface area contributed by atoms with Crippen LogP contribution in [-0.2, 0) is 18.2 Å². The highest BCUT2D eigenvalue weighted by Gasteiger charge is 2.29. The van der Waals surface area contributed by atoms with E-state index in [1.54, 1.807) is 52.8 Å². The summed E-state index contributed by atoms with van der Waals surface area (Å²) in [5.74, 6) is 0.352. The maximum atomic E-state index is 11.5. The molecule has 31 heavy (non-hydrogen) atoms. The first-order valence-corrected chi connectivity index (χ1v) is 12.0. The lowest BCUT2D eigenvalue weighted by Gasteiger charge is -2.23. The van der Waals surface area contributed by atoms with Crippen LogP contribution in [0.4, 0.5) is 0 Å². The number of methoxy groups -OCH3 is 1. The molecule has 1 heterocycles. The lowest BCUT2D eigenvalue weighted by molar-refractivity contribution is 0.256. The molecule has 13 heteroatoms. The van der Waals surface area contributed by atoms with Crippen molar-refractivity contribution in [3.63, 3.8) is 0 Å². The van der Waals surface area contributed by atoms with Crippen LogP contribution in [0.5, 0.6) is 5.75 Å². The molecule has 0 amide bonds. The number of hydrogen-bond acceptors (Lipinski definition) is 6. The molecule has 1 aromatic carbocycles. The van der Waals surface area contributed by atoms with E-state index in [4.69, 9.17) is 19.0 Å². The summed E-state index contributed by atoms with van der Waals surface area (Å²) in [5, 5.41) is 4.94. The van der Waals surface area contributed by atoms with Crippen LogP contribution in [-0.4, -0.2) is 36.5 Å². The average Bonchev–Trinajstić information content (AvgIpc) is 2.95. The highest BCUT2D eigenvalue weighted by atomic mass is 31.2. The highest BCUT2D eigenvalue weighted by Crippen LogP contribution is 2.45. The summed E-state index contributed by atoms with van der Waals surface area (Å²) in [7, 11) is -8.24. The van der Waals surface area contributed by atoms with Crippen LogP contribution in [0.3, 0.4) is 0 Å². The van der Waals surface area contributed by atoms with Crippen LogP contribution in [0.1, 0.15) is 40.3 Å². The van der Waals surface area contributed by atoms with Gasteiger partial charge in [0.2, 0.25) is 0 Å². The molecule has 0 fully saturated rings. The van der Waals surface area contributed by atoms with Crippen molar-refractivity contribution < 1.29 is 42.5 Å². The third-order valence-electron chi connectivity index (χ3n) is 4.07. The normalized spacial score (nSPS) is 13.3. The molecule has 172 valence electrons. The molecular formula is C18H26N2O9P2. The van der Waals surface area contributed by atoms with Gasteiger partial charge in [0.1, 0.15) is 17.7 Å². The molecule has 2 aromatic rings. The lowest BCUT2D eigenvalue weighted by atomic mass is 9.92. The zero-order chi connectivity index (χ0) is 23.8. The largest absolute Gasteiger partial charge is 0.524 e. The summed E-state index contributed by atoms with van der Waals surface area (Å²) in [4.78, 5) is 37.0. The number of aromatic nitrogens is 2. The molecule has 0 radical (unpaired) electrons. The number of allylic oxidation sites excluding steroid dienone is 2. The minimum atomic E-state index is -4.89. The lowest BCUT2D eigenvalue weighted by Crippen LogP contribution is -2.16. The number of hydrogen-bond donors (Lipinski definition) is 4. The smallest absolute Gasteiger partial charge is 0.497 e. The zero-order valence-electron chi connectivity index (χ0n) is 17.9. The Morgan fingerprint density at radius 1 is 1.10 bits per heavy atom.